The third-order valence-electron chi connectivity index (χ3n) is 6.12. The van der Waals surface area contributed by atoms with Crippen LogP contribution in [0.1, 0.15) is 34.0 Å². The lowest BCUT2D eigenvalue weighted by Gasteiger charge is -2.20. The number of nitrogens with zero attached hydrogens (tertiary/aromatic N) is 3. The van der Waals surface area contributed by atoms with Gasteiger partial charge in [-0.2, -0.15) is 9.30 Å². The van der Waals surface area contributed by atoms with Gasteiger partial charge in [0.15, 0.2) is 4.80 Å². The highest BCUT2D eigenvalue weighted by Gasteiger charge is 2.23. The van der Waals surface area contributed by atoms with Gasteiger partial charge in [-0.3, -0.25) is 9.59 Å². The van der Waals surface area contributed by atoms with Crippen LogP contribution in [0.15, 0.2) is 76.6 Å². The van der Waals surface area contributed by atoms with Crippen LogP contribution in [0, 0.1) is 13.8 Å². The van der Waals surface area contributed by atoms with Crippen molar-refractivity contribution in [3.63, 3.8) is 0 Å². The van der Waals surface area contributed by atoms with E-state index >= 15 is 0 Å². The van der Waals surface area contributed by atoms with Crippen molar-refractivity contribution in [3.05, 3.63) is 93.8 Å². The molecular formula is C28H29N3O5S2. The van der Waals surface area contributed by atoms with Crippen molar-refractivity contribution in [2.45, 2.75) is 38.8 Å². The first kappa shape index (κ1) is 27.4. The maximum Gasteiger partial charge on any atom is 0.325 e. The van der Waals surface area contributed by atoms with E-state index in [1.54, 1.807) is 11.5 Å². The highest BCUT2D eigenvalue weighted by atomic mass is 32.2. The normalized spacial score (nSPS) is 12.3. The number of thiazole rings is 1. The van der Waals surface area contributed by atoms with Crippen LogP contribution in [0.2, 0.25) is 0 Å². The molecule has 198 valence electrons. The SMILES string of the molecule is CCN(Cc1ccccc1)S(=O)(=O)c1ccc(C(=O)N=c2sc3c(C)cc(C)cc3n2CC(=O)OC)cc1. The van der Waals surface area contributed by atoms with Crippen LogP contribution < -0.4 is 4.80 Å². The maximum atomic E-state index is 13.2. The van der Waals surface area contributed by atoms with Gasteiger partial charge in [0.1, 0.15) is 6.54 Å². The number of hydrogen-bond donors (Lipinski definition) is 0. The number of fused-ring (bicyclic) bond motifs is 1. The van der Waals surface area contributed by atoms with Gasteiger partial charge in [0, 0.05) is 18.7 Å². The van der Waals surface area contributed by atoms with Crippen molar-refractivity contribution in [2.24, 2.45) is 4.99 Å². The first-order valence-corrected chi connectivity index (χ1v) is 14.3. The average Bonchev–Trinajstić information content (AvgIpc) is 3.24. The Bertz CT molecular complexity index is 1650. The van der Waals surface area contributed by atoms with Crippen LogP contribution in [0.4, 0.5) is 0 Å². The third kappa shape index (κ3) is 5.77. The van der Waals surface area contributed by atoms with E-state index in [4.69, 9.17) is 4.74 Å². The van der Waals surface area contributed by atoms with Crippen molar-refractivity contribution in [2.75, 3.05) is 13.7 Å². The van der Waals surface area contributed by atoms with Gasteiger partial charge in [-0.1, -0.05) is 54.7 Å². The summed E-state index contributed by atoms with van der Waals surface area (Å²) in [6.45, 7) is 6.19. The maximum absolute atomic E-state index is 13.2. The quantitative estimate of drug-likeness (QED) is 0.302. The molecule has 1 heterocycles. The summed E-state index contributed by atoms with van der Waals surface area (Å²) in [6, 6.07) is 19.1. The second-order valence-corrected chi connectivity index (χ2v) is 11.8. The molecule has 0 aliphatic carbocycles. The lowest BCUT2D eigenvalue weighted by molar-refractivity contribution is -0.141. The zero-order chi connectivity index (χ0) is 27.4. The van der Waals surface area contributed by atoms with E-state index in [9.17, 15) is 18.0 Å². The minimum Gasteiger partial charge on any atom is -0.468 e. The summed E-state index contributed by atoms with van der Waals surface area (Å²) in [7, 11) is -2.45. The molecule has 0 unspecified atom stereocenters. The predicted molar refractivity (Wildman–Crippen MR) is 147 cm³/mol. The second-order valence-electron chi connectivity index (χ2n) is 8.84. The molecule has 0 atom stereocenters. The number of carbonyl (C=O) groups is 2. The fraction of sp³-hybridized carbons (Fsp3) is 0.250. The van der Waals surface area contributed by atoms with E-state index in [0.29, 0.717) is 11.3 Å². The van der Waals surface area contributed by atoms with E-state index in [-0.39, 0.29) is 23.5 Å². The minimum absolute atomic E-state index is 0.0864. The Morgan fingerprint density at radius 3 is 2.34 bits per heavy atom. The third-order valence-corrected chi connectivity index (χ3v) is 9.28. The number of amides is 1. The largest absolute Gasteiger partial charge is 0.468 e. The first-order chi connectivity index (χ1) is 18.1. The molecule has 0 fully saturated rings. The van der Waals surface area contributed by atoms with Gasteiger partial charge in [-0.25, -0.2) is 8.42 Å². The molecule has 38 heavy (non-hydrogen) atoms. The van der Waals surface area contributed by atoms with Crippen LogP contribution in [0.5, 0.6) is 0 Å². The molecule has 0 N–H and O–H groups in total. The van der Waals surface area contributed by atoms with Crippen molar-refractivity contribution in [3.8, 4) is 0 Å². The van der Waals surface area contributed by atoms with E-state index in [0.717, 1.165) is 26.9 Å². The number of sulfonamides is 1. The number of benzene rings is 3. The molecule has 4 rings (SSSR count). The van der Waals surface area contributed by atoms with E-state index < -0.39 is 21.9 Å². The number of ether oxygens (including phenoxy) is 1. The summed E-state index contributed by atoms with van der Waals surface area (Å²) in [6.07, 6.45) is 0. The van der Waals surface area contributed by atoms with Gasteiger partial charge >= 0.3 is 5.97 Å². The molecular weight excluding hydrogens is 522 g/mol. The molecule has 4 aromatic rings. The molecule has 8 nitrogen and oxygen atoms in total. The number of aryl methyl sites for hydroxylation is 2. The zero-order valence-electron chi connectivity index (χ0n) is 21.7. The van der Waals surface area contributed by atoms with Crippen molar-refractivity contribution < 1.29 is 22.7 Å². The standard InChI is InChI=1S/C28H29N3O5S2/c1-5-30(17-21-9-7-6-8-10-21)38(34,35)23-13-11-22(12-14-23)27(33)29-28-31(18-25(32)36-4)24-16-19(2)15-20(3)26(24)37-28/h6-16H,5,17-18H2,1-4H3. The zero-order valence-corrected chi connectivity index (χ0v) is 23.3. The first-order valence-electron chi connectivity index (χ1n) is 12.0. The fourth-order valence-electron chi connectivity index (χ4n) is 4.17. The number of methoxy groups -OCH3 is 1. The Kier molecular flexibility index (Phi) is 8.25. The van der Waals surface area contributed by atoms with Crippen LogP contribution in [0.25, 0.3) is 10.2 Å². The molecule has 0 aliphatic heterocycles. The van der Waals surface area contributed by atoms with Crippen LogP contribution in [-0.2, 0) is 32.6 Å². The Balaban J connectivity index is 1.66. The van der Waals surface area contributed by atoms with Gasteiger partial charge in [0.05, 0.1) is 22.2 Å². The summed E-state index contributed by atoms with van der Waals surface area (Å²) >= 11 is 1.31. The van der Waals surface area contributed by atoms with Crippen LogP contribution in [-0.4, -0.2) is 42.8 Å². The Morgan fingerprint density at radius 1 is 1.03 bits per heavy atom. The smallest absolute Gasteiger partial charge is 0.325 e. The highest BCUT2D eigenvalue weighted by molar-refractivity contribution is 7.89. The summed E-state index contributed by atoms with van der Waals surface area (Å²) in [5.74, 6) is -0.992. The number of rotatable bonds is 8. The summed E-state index contributed by atoms with van der Waals surface area (Å²) in [5.41, 5.74) is 3.96. The molecule has 1 amide bonds. The minimum atomic E-state index is -3.76. The number of hydrogen-bond acceptors (Lipinski definition) is 6. The summed E-state index contributed by atoms with van der Waals surface area (Å²) < 4.78 is 35.3. The number of aromatic nitrogens is 1. The van der Waals surface area contributed by atoms with Crippen molar-refractivity contribution in [1.29, 1.82) is 0 Å². The molecule has 0 radical (unpaired) electrons. The molecule has 3 aromatic carbocycles. The molecule has 1 aromatic heterocycles. The van der Waals surface area contributed by atoms with Crippen molar-refractivity contribution in [1.82, 2.24) is 8.87 Å². The Hall–Kier alpha value is -3.60. The predicted octanol–water partition coefficient (Wildman–Crippen LogP) is 4.44. The highest BCUT2D eigenvalue weighted by Crippen LogP contribution is 2.24. The lowest BCUT2D eigenvalue weighted by Crippen LogP contribution is -2.30. The molecule has 0 saturated carbocycles. The van der Waals surface area contributed by atoms with Gasteiger partial charge < -0.3 is 9.30 Å². The lowest BCUT2D eigenvalue weighted by atomic mass is 10.1. The molecule has 0 aliphatic rings. The Labute approximate surface area is 225 Å². The monoisotopic (exact) mass is 551 g/mol. The van der Waals surface area contributed by atoms with Gasteiger partial charge in [-0.15, -0.1) is 0 Å². The number of esters is 1. The second kappa shape index (κ2) is 11.4. The fourth-order valence-corrected chi connectivity index (χ4v) is 6.68. The van der Waals surface area contributed by atoms with Crippen molar-refractivity contribution >= 4 is 43.5 Å². The summed E-state index contributed by atoms with van der Waals surface area (Å²) in [4.78, 5) is 30.0. The molecule has 0 spiro atoms. The molecule has 0 saturated heterocycles. The molecule has 10 heteroatoms. The topological polar surface area (TPSA) is 98.0 Å². The molecule has 0 bridgehead atoms. The van der Waals surface area contributed by atoms with Gasteiger partial charge in [0.2, 0.25) is 10.0 Å². The van der Waals surface area contributed by atoms with Gasteiger partial charge in [0.25, 0.3) is 5.91 Å². The van der Waals surface area contributed by atoms with E-state index in [2.05, 4.69) is 4.99 Å². The average molecular weight is 552 g/mol. The number of carbonyl (C=O) groups excluding carboxylic acids is 2. The van der Waals surface area contributed by atoms with Gasteiger partial charge in [-0.05, 0) is 60.9 Å². The van der Waals surface area contributed by atoms with E-state index in [1.165, 1.54) is 47.0 Å². The van der Waals surface area contributed by atoms with E-state index in [1.807, 2.05) is 56.3 Å². The van der Waals surface area contributed by atoms with Crippen LogP contribution in [0.3, 0.4) is 0 Å². The Morgan fingerprint density at radius 2 is 1.71 bits per heavy atom. The van der Waals surface area contributed by atoms with Crippen LogP contribution >= 0.6 is 11.3 Å². The summed E-state index contributed by atoms with van der Waals surface area (Å²) in [5, 5.41) is 0.